The van der Waals surface area contributed by atoms with Gasteiger partial charge in [-0.2, -0.15) is 0 Å². The predicted octanol–water partition coefficient (Wildman–Crippen LogP) is 3.94. The van der Waals surface area contributed by atoms with E-state index in [0.717, 1.165) is 5.56 Å². The second kappa shape index (κ2) is 5.63. The van der Waals surface area contributed by atoms with E-state index in [2.05, 4.69) is 5.10 Å². The first-order valence-corrected chi connectivity index (χ1v) is 6.47. The third-order valence-electron chi connectivity index (χ3n) is 2.56. The van der Waals surface area contributed by atoms with E-state index in [1.807, 2.05) is 26.0 Å². The Morgan fingerprint density at radius 3 is 2.63 bits per heavy atom. The molecule has 0 amide bonds. The van der Waals surface area contributed by atoms with E-state index in [-0.39, 0.29) is 16.8 Å². The number of benzene rings is 1. The molecule has 6 heteroatoms. The van der Waals surface area contributed by atoms with Crippen LogP contribution in [0.25, 0.3) is 0 Å². The van der Waals surface area contributed by atoms with Crippen LogP contribution in [-0.4, -0.2) is 5.10 Å². The van der Waals surface area contributed by atoms with Crippen LogP contribution in [0.3, 0.4) is 0 Å². The lowest BCUT2D eigenvalue weighted by Gasteiger charge is -2.14. The van der Waals surface area contributed by atoms with Crippen LogP contribution < -0.4 is 9.58 Å². The second-order valence-corrected chi connectivity index (χ2v) is 5.10. The molecular weight excluding hydrogens is 287 g/mol. The van der Waals surface area contributed by atoms with Crippen LogP contribution in [-0.2, 0) is 0 Å². The maximum Gasteiger partial charge on any atom is 0.304 e. The van der Waals surface area contributed by atoms with E-state index >= 15 is 0 Å². The molecule has 0 aliphatic rings. The number of ether oxygens (including phenoxy) is 1. The molecule has 0 atom stereocenters. The molecule has 0 saturated heterocycles. The SMILES string of the molecule is CC(C)c1cccc(Cl)c1Oc1n[n+]([O-])ccc1Cl. The van der Waals surface area contributed by atoms with Gasteiger partial charge < -0.3 is 9.94 Å². The Morgan fingerprint density at radius 2 is 1.95 bits per heavy atom. The lowest BCUT2D eigenvalue weighted by atomic mass is 10.0. The van der Waals surface area contributed by atoms with Crippen LogP contribution in [0.1, 0.15) is 25.3 Å². The fourth-order valence-corrected chi connectivity index (χ4v) is 1.98. The lowest BCUT2D eigenvalue weighted by Crippen LogP contribution is -2.30. The predicted molar refractivity (Wildman–Crippen MR) is 73.8 cm³/mol. The largest absolute Gasteiger partial charge is 0.594 e. The lowest BCUT2D eigenvalue weighted by molar-refractivity contribution is -0.669. The van der Waals surface area contributed by atoms with Gasteiger partial charge in [-0.1, -0.05) is 54.0 Å². The molecule has 0 N–H and O–H groups in total. The highest BCUT2D eigenvalue weighted by Crippen LogP contribution is 2.37. The van der Waals surface area contributed by atoms with Crippen LogP contribution >= 0.6 is 23.2 Å². The summed E-state index contributed by atoms with van der Waals surface area (Å²) in [5, 5.41) is 15.5. The number of hydrogen-bond donors (Lipinski definition) is 0. The molecule has 0 radical (unpaired) electrons. The molecule has 19 heavy (non-hydrogen) atoms. The average molecular weight is 299 g/mol. The van der Waals surface area contributed by atoms with Gasteiger partial charge in [-0.05, 0) is 17.5 Å². The van der Waals surface area contributed by atoms with Crippen molar-refractivity contribution in [1.82, 2.24) is 5.10 Å². The van der Waals surface area contributed by atoms with Gasteiger partial charge in [0.2, 0.25) is 6.20 Å². The van der Waals surface area contributed by atoms with Gasteiger partial charge in [0.1, 0.15) is 5.02 Å². The van der Waals surface area contributed by atoms with Crippen LogP contribution in [0.4, 0.5) is 0 Å². The zero-order valence-corrected chi connectivity index (χ0v) is 11.9. The summed E-state index contributed by atoms with van der Waals surface area (Å²) in [5.41, 5.74) is 0.923. The molecule has 100 valence electrons. The van der Waals surface area contributed by atoms with Crippen molar-refractivity contribution >= 4 is 23.2 Å². The maximum atomic E-state index is 11.2. The summed E-state index contributed by atoms with van der Waals surface area (Å²) in [7, 11) is 0. The van der Waals surface area contributed by atoms with Crippen LogP contribution in [0.2, 0.25) is 10.0 Å². The van der Waals surface area contributed by atoms with E-state index in [1.165, 1.54) is 12.3 Å². The average Bonchev–Trinajstić information content (AvgIpc) is 2.35. The molecule has 0 unspecified atom stereocenters. The van der Waals surface area contributed by atoms with Gasteiger partial charge in [-0.3, -0.25) is 0 Å². The van der Waals surface area contributed by atoms with E-state index in [9.17, 15) is 5.21 Å². The van der Waals surface area contributed by atoms with Crippen molar-refractivity contribution in [2.24, 2.45) is 0 Å². The van der Waals surface area contributed by atoms with E-state index in [4.69, 9.17) is 27.9 Å². The molecule has 0 aliphatic heterocycles. The van der Waals surface area contributed by atoms with Crippen molar-refractivity contribution in [1.29, 1.82) is 0 Å². The molecule has 0 aliphatic carbocycles. The zero-order valence-electron chi connectivity index (χ0n) is 10.4. The minimum absolute atomic E-state index is 0.0363. The van der Waals surface area contributed by atoms with Crippen molar-refractivity contribution in [3.8, 4) is 11.6 Å². The van der Waals surface area contributed by atoms with Crippen LogP contribution in [0.5, 0.6) is 11.6 Å². The van der Waals surface area contributed by atoms with Crippen molar-refractivity contribution in [3.05, 3.63) is 51.3 Å². The normalized spacial score (nSPS) is 10.8. The van der Waals surface area contributed by atoms with Crippen LogP contribution in [0.15, 0.2) is 30.5 Å². The maximum absolute atomic E-state index is 11.2. The van der Waals surface area contributed by atoms with Gasteiger partial charge in [0.05, 0.1) is 10.1 Å². The molecule has 0 spiro atoms. The number of aromatic nitrogens is 2. The molecule has 0 saturated carbocycles. The summed E-state index contributed by atoms with van der Waals surface area (Å²) in [6, 6.07) is 6.89. The third kappa shape index (κ3) is 3.08. The minimum atomic E-state index is 0.0363. The number of rotatable bonds is 3. The zero-order chi connectivity index (χ0) is 14.0. The minimum Gasteiger partial charge on any atom is -0.594 e. The molecule has 0 fully saturated rings. The van der Waals surface area contributed by atoms with Crippen molar-refractivity contribution in [3.63, 3.8) is 0 Å². The topological polar surface area (TPSA) is 49.1 Å². The molecule has 0 bridgehead atoms. The molecular formula is C13H12Cl2N2O2. The number of nitrogens with zero attached hydrogens (tertiary/aromatic N) is 2. The van der Waals surface area contributed by atoms with Gasteiger partial charge in [-0.25, -0.2) is 0 Å². The van der Waals surface area contributed by atoms with Crippen molar-refractivity contribution in [2.45, 2.75) is 19.8 Å². The number of para-hydroxylation sites is 1. The monoisotopic (exact) mass is 298 g/mol. The molecule has 1 aromatic carbocycles. The van der Waals surface area contributed by atoms with E-state index in [1.54, 1.807) is 6.07 Å². The van der Waals surface area contributed by atoms with Gasteiger partial charge in [0.15, 0.2) is 5.75 Å². The first-order chi connectivity index (χ1) is 8.99. The van der Waals surface area contributed by atoms with Crippen LogP contribution in [0, 0.1) is 5.21 Å². The standard InChI is InChI=1S/C13H12Cl2N2O2/c1-8(2)9-4-3-5-10(14)12(9)19-13-11(15)6-7-17(18)16-13/h3-8H,1-2H3. The molecule has 1 aromatic heterocycles. The summed E-state index contributed by atoms with van der Waals surface area (Å²) in [4.78, 5) is 0.382. The summed E-state index contributed by atoms with van der Waals surface area (Å²) in [6.07, 6.45) is 1.20. The number of hydrogen-bond acceptors (Lipinski definition) is 3. The summed E-state index contributed by atoms with van der Waals surface area (Å²) in [5.74, 6) is 0.726. The van der Waals surface area contributed by atoms with Gasteiger partial charge in [-0.15, -0.1) is 0 Å². The molecule has 1 heterocycles. The highest BCUT2D eigenvalue weighted by Gasteiger charge is 2.16. The molecule has 2 aromatic rings. The van der Waals surface area contributed by atoms with E-state index < -0.39 is 0 Å². The smallest absolute Gasteiger partial charge is 0.304 e. The van der Waals surface area contributed by atoms with Gasteiger partial charge >= 0.3 is 5.88 Å². The molecule has 2 rings (SSSR count). The van der Waals surface area contributed by atoms with Crippen molar-refractivity contribution in [2.75, 3.05) is 0 Å². The molecule has 4 nitrogen and oxygen atoms in total. The Morgan fingerprint density at radius 1 is 1.21 bits per heavy atom. The fraction of sp³-hybridized carbons (Fsp3) is 0.231. The highest BCUT2D eigenvalue weighted by atomic mass is 35.5. The fourth-order valence-electron chi connectivity index (χ4n) is 1.62. The Hall–Kier alpha value is -1.52. The van der Waals surface area contributed by atoms with Gasteiger partial charge in [0, 0.05) is 6.07 Å². The highest BCUT2D eigenvalue weighted by molar-refractivity contribution is 6.32. The summed E-state index contributed by atoms with van der Waals surface area (Å²) >= 11 is 12.1. The summed E-state index contributed by atoms with van der Waals surface area (Å²) < 4.78 is 5.62. The first kappa shape index (κ1) is 13.9. The Labute approximate surface area is 121 Å². The summed E-state index contributed by atoms with van der Waals surface area (Å²) in [6.45, 7) is 4.04. The number of halogens is 2. The Kier molecular flexibility index (Phi) is 4.12. The van der Waals surface area contributed by atoms with Gasteiger partial charge in [0.25, 0.3) is 0 Å². The Balaban J connectivity index is 2.46. The first-order valence-electron chi connectivity index (χ1n) is 5.71. The quantitative estimate of drug-likeness (QED) is 0.637. The second-order valence-electron chi connectivity index (χ2n) is 4.29. The third-order valence-corrected chi connectivity index (χ3v) is 3.15. The van der Waals surface area contributed by atoms with E-state index in [0.29, 0.717) is 15.6 Å². The van der Waals surface area contributed by atoms with Crippen molar-refractivity contribution < 1.29 is 9.58 Å². The Bertz CT molecular complexity index is 603.